The zero-order valence-corrected chi connectivity index (χ0v) is 18.7. The monoisotopic (exact) mass is 475 g/mol. The van der Waals surface area contributed by atoms with Crippen LogP contribution in [-0.4, -0.2) is 14.5 Å². The van der Waals surface area contributed by atoms with Crippen LogP contribution in [0.1, 0.15) is 0 Å². The highest BCUT2D eigenvalue weighted by Crippen LogP contribution is 2.38. The molecule has 0 N–H and O–H groups in total. The van der Waals surface area contributed by atoms with Crippen molar-refractivity contribution < 1.29 is 0 Å². The summed E-state index contributed by atoms with van der Waals surface area (Å²) in [5.41, 5.74) is 7.13. The van der Waals surface area contributed by atoms with Gasteiger partial charge in [0.1, 0.15) is 5.52 Å². The highest BCUT2D eigenvalue weighted by atomic mass is 79.9. The molecule has 0 fully saturated rings. The molecule has 32 heavy (non-hydrogen) atoms. The minimum Gasteiger partial charge on any atom is -0.306 e. The summed E-state index contributed by atoms with van der Waals surface area (Å²) in [5.74, 6) is 0.726. The molecule has 0 saturated carbocycles. The third-order valence-electron chi connectivity index (χ3n) is 5.66. The van der Waals surface area contributed by atoms with E-state index >= 15 is 0 Å². The molecular weight excluding hydrogens is 458 g/mol. The SMILES string of the molecule is Brc1ccc2c(c1)c1nc(-c3ccccc3)nc(-c3ccccc3)c1n2-c1ccccc1. The third kappa shape index (κ3) is 3.12. The van der Waals surface area contributed by atoms with Gasteiger partial charge in [0.15, 0.2) is 5.82 Å². The molecule has 0 aliphatic rings. The molecule has 0 aliphatic carbocycles. The van der Waals surface area contributed by atoms with E-state index in [9.17, 15) is 0 Å². The third-order valence-corrected chi connectivity index (χ3v) is 6.15. The fraction of sp³-hybridized carbons (Fsp3) is 0. The molecule has 0 spiro atoms. The van der Waals surface area contributed by atoms with Crippen LogP contribution >= 0.6 is 15.9 Å². The molecule has 4 heteroatoms. The van der Waals surface area contributed by atoms with Crippen LogP contribution in [0, 0.1) is 0 Å². The minimum atomic E-state index is 0.726. The van der Waals surface area contributed by atoms with Crippen molar-refractivity contribution in [1.29, 1.82) is 0 Å². The molecule has 3 nitrogen and oxygen atoms in total. The van der Waals surface area contributed by atoms with Crippen LogP contribution < -0.4 is 0 Å². The zero-order chi connectivity index (χ0) is 21.5. The Labute approximate surface area is 194 Å². The highest BCUT2D eigenvalue weighted by molar-refractivity contribution is 9.10. The number of hydrogen-bond donors (Lipinski definition) is 0. The van der Waals surface area contributed by atoms with Gasteiger partial charge < -0.3 is 4.57 Å². The summed E-state index contributed by atoms with van der Waals surface area (Å²) in [6.45, 7) is 0. The van der Waals surface area contributed by atoms with Crippen LogP contribution in [0.4, 0.5) is 0 Å². The lowest BCUT2D eigenvalue weighted by atomic mass is 10.1. The van der Waals surface area contributed by atoms with Crippen molar-refractivity contribution in [2.75, 3.05) is 0 Å². The quantitative estimate of drug-likeness (QED) is 0.262. The number of rotatable bonds is 3. The number of halogens is 1. The van der Waals surface area contributed by atoms with Gasteiger partial charge in [-0.1, -0.05) is 94.8 Å². The van der Waals surface area contributed by atoms with Crippen LogP contribution in [0.5, 0.6) is 0 Å². The van der Waals surface area contributed by atoms with Gasteiger partial charge in [-0.3, -0.25) is 0 Å². The van der Waals surface area contributed by atoms with Crippen molar-refractivity contribution in [1.82, 2.24) is 14.5 Å². The summed E-state index contributed by atoms with van der Waals surface area (Å²) in [6.07, 6.45) is 0. The first kappa shape index (κ1) is 19.0. The summed E-state index contributed by atoms with van der Waals surface area (Å²) in [5, 5.41) is 1.09. The van der Waals surface area contributed by atoms with E-state index in [4.69, 9.17) is 9.97 Å². The fourth-order valence-electron chi connectivity index (χ4n) is 4.23. The average Bonchev–Trinajstić information content (AvgIpc) is 3.18. The molecule has 4 aromatic carbocycles. The second-order valence-corrected chi connectivity index (χ2v) is 8.57. The molecule has 0 unspecified atom stereocenters. The number of para-hydroxylation sites is 1. The first-order valence-corrected chi connectivity index (χ1v) is 11.3. The summed E-state index contributed by atoms with van der Waals surface area (Å²) in [4.78, 5) is 10.2. The normalized spacial score (nSPS) is 11.3. The Morgan fingerprint density at radius 3 is 1.94 bits per heavy atom. The van der Waals surface area contributed by atoms with Gasteiger partial charge in [0, 0.05) is 26.7 Å². The maximum atomic E-state index is 5.10. The molecule has 6 aromatic rings. The van der Waals surface area contributed by atoms with Gasteiger partial charge in [-0.15, -0.1) is 0 Å². The Bertz CT molecular complexity index is 1560. The van der Waals surface area contributed by atoms with Gasteiger partial charge in [-0.05, 0) is 30.3 Å². The molecule has 2 aromatic heterocycles. The van der Waals surface area contributed by atoms with E-state index in [2.05, 4.69) is 99.4 Å². The predicted molar refractivity (Wildman–Crippen MR) is 135 cm³/mol. The summed E-state index contributed by atoms with van der Waals surface area (Å²) >= 11 is 3.66. The summed E-state index contributed by atoms with van der Waals surface area (Å²) in [6, 6.07) is 37.3. The van der Waals surface area contributed by atoms with Crippen LogP contribution in [0.3, 0.4) is 0 Å². The lowest BCUT2D eigenvalue weighted by Crippen LogP contribution is -1.99. The Morgan fingerprint density at radius 1 is 0.625 bits per heavy atom. The standard InChI is InChI=1S/C28H18BrN3/c29-21-16-17-24-23(18-21)26-27(32(24)22-14-8-3-9-15-22)25(19-10-4-1-5-11-19)30-28(31-26)20-12-6-2-7-13-20/h1-18H. The number of hydrogen-bond acceptors (Lipinski definition) is 2. The van der Waals surface area contributed by atoms with E-state index in [1.807, 2.05) is 30.3 Å². The molecule has 6 rings (SSSR count). The molecule has 0 amide bonds. The van der Waals surface area contributed by atoms with E-state index in [-0.39, 0.29) is 0 Å². The fourth-order valence-corrected chi connectivity index (χ4v) is 4.59. The Balaban J connectivity index is 1.82. The van der Waals surface area contributed by atoms with Gasteiger partial charge >= 0.3 is 0 Å². The molecule has 0 saturated heterocycles. The van der Waals surface area contributed by atoms with Crippen molar-refractivity contribution in [3.05, 3.63) is 114 Å². The van der Waals surface area contributed by atoms with Crippen LogP contribution in [0.2, 0.25) is 0 Å². The Kier molecular flexibility index (Phi) is 4.58. The maximum absolute atomic E-state index is 5.10. The van der Waals surface area contributed by atoms with Crippen molar-refractivity contribution in [2.24, 2.45) is 0 Å². The Hall–Kier alpha value is -3.76. The van der Waals surface area contributed by atoms with E-state index in [0.29, 0.717) is 0 Å². The van der Waals surface area contributed by atoms with E-state index in [0.717, 1.165) is 54.7 Å². The number of aromatic nitrogens is 3. The van der Waals surface area contributed by atoms with Crippen LogP contribution in [0.15, 0.2) is 114 Å². The molecular formula is C28H18BrN3. The van der Waals surface area contributed by atoms with Crippen molar-refractivity contribution in [3.8, 4) is 28.3 Å². The van der Waals surface area contributed by atoms with Gasteiger partial charge in [0.25, 0.3) is 0 Å². The minimum absolute atomic E-state index is 0.726. The number of fused-ring (bicyclic) bond motifs is 3. The second kappa shape index (κ2) is 7.74. The highest BCUT2D eigenvalue weighted by Gasteiger charge is 2.21. The Morgan fingerprint density at radius 2 is 1.25 bits per heavy atom. The van der Waals surface area contributed by atoms with Gasteiger partial charge in [-0.25, -0.2) is 9.97 Å². The lowest BCUT2D eigenvalue weighted by Gasteiger charge is -2.12. The van der Waals surface area contributed by atoms with Crippen molar-refractivity contribution in [3.63, 3.8) is 0 Å². The van der Waals surface area contributed by atoms with E-state index < -0.39 is 0 Å². The van der Waals surface area contributed by atoms with Crippen molar-refractivity contribution >= 4 is 37.9 Å². The first-order chi connectivity index (χ1) is 15.8. The van der Waals surface area contributed by atoms with Gasteiger partial charge in [-0.2, -0.15) is 0 Å². The zero-order valence-electron chi connectivity index (χ0n) is 17.1. The van der Waals surface area contributed by atoms with Gasteiger partial charge in [0.05, 0.1) is 16.7 Å². The molecule has 0 radical (unpaired) electrons. The molecule has 0 bridgehead atoms. The maximum Gasteiger partial charge on any atom is 0.160 e. The largest absolute Gasteiger partial charge is 0.306 e. The molecule has 152 valence electrons. The van der Waals surface area contributed by atoms with Crippen LogP contribution in [-0.2, 0) is 0 Å². The predicted octanol–water partition coefficient (Wildman–Crippen LogP) is 7.67. The van der Waals surface area contributed by atoms with Crippen molar-refractivity contribution in [2.45, 2.75) is 0 Å². The summed E-state index contributed by atoms with van der Waals surface area (Å²) in [7, 11) is 0. The average molecular weight is 476 g/mol. The second-order valence-electron chi connectivity index (χ2n) is 7.66. The molecule has 2 heterocycles. The topological polar surface area (TPSA) is 30.7 Å². The van der Waals surface area contributed by atoms with E-state index in [1.165, 1.54) is 0 Å². The van der Waals surface area contributed by atoms with Crippen LogP contribution in [0.25, 0.3) is 50.3 Å². The van der Waals surface area contributed by atoms with Gasteiger partial charge in [0.2, 0.25) is 0 Å². The number of benzene rings is 4. The smallest absolute Gasteiger partial charge is 0.160 e. The number of nitrogens with zero attached hydrogens (tertiary/aromatic N) is 3. The van der Waals surface area contributed by atoms with E-state index in [1.54, 1.807) is 0 Å². The molecule has 0 atom stereocenters. The first-order valence-electron chi connectivity index (χ1n) is 10.5. The lowest BCUT2D eigenvalue weighted by molar-refractivity contribution is 1.15. The molecule has 0 aliphatic heterocycles. The summed E-state index contributed by atoms with van der Waals surface area (Å²) < 4.78 is 3.30.